The second kappa shape index (κ2) is 8.13. The third-order valence-corrected chi connectivity index (χ3v) is 5.01. The van der Waals surface area contributed by atoms with Gasteiger partial charge in [0.25, 0.3) is 0 Å². The van der Waals surface area contributed by atoms with Crippen molar-refractivity contribution < 1.29 is 9.53 Å². The largest absolute Gasteiger partial charge is 0.483 e. The van der Waals surface area contributed by atoms with Gasteiger partial charge >= 0.3 is 0 Å². The van der Waals surface area contributed by atoms with Gasteiger partial charge in [0.05, 0.1) is 5.75 Å². The Hall–Kier alpha value is -2.39. The Bertz CT molecular complexity index is 820. The molecule has 0 saturated heterocycles. The molecular formula is C16H17N5O2S2. The minimum atomic E-state index is -0.251. The van der Waals surface area contributed by atoms with E-state index in [1.165, 1.54) is 23.1 Å². The van der Waals surface area contributed by atoms with E-state index in [9.17, 15) is 4.79 Å². The van der Waals surface area contributed by atoms with Crippen molar-refractivity contribution in [2.45, 2.75) is 18.2 Å². The van der Waals surface area contributed by atoms with E-state index in [-0.39, 0.29) is 17.8 Å². The first-order chi connectivity index (χ1) is 12.1. The minimum Gasteiger partial charge on any atom is -0.483 e. The smallest absolute Gasteiger partial charge is 0.236 e. The van der Waals surface area contributed by atoms with Crippen LogP contribution in [-0.2, 0) is 11.8 Å². The third kappa shape index (κ3) is 4.58. The van der Waals surface area contributed by atoms with Crippen molar-refractivity contribution in [3.8, 4) is 5.75 Å². The van der Waals surface area contributed by atoms with Crippen LogP contribution in [0.15, 0.2) is 47.1 Å². The van der Waals surface area contributed by atoms with Gasteiger partial charge in [-0.05, 0) is 19.1 Å². The molecule has 25 heavy (non-hydrogen) atoms. The van der Waals surface area contributed by atoms with Crippen LogP contribution in [-0.4, -0.2) is 31.4 Å². The molecular weight excluding hydrogens is 358 g/mol. The second-order valence-electron chi connectivity index (χ2n) is 5.15. The fourth-order valence-corrected chi connectivity index (χ4v) is 3.40. The van der Waals surface area contributed by atoms with Gasteiger partial charge in [-0.15, -0.1) is 21.5 Å². The molecule has 1 atom stereocenters. The molecule has 0 fully saturated rings. The number of nitrogens with zero attached hydrogens (tertiary/aromatic N) is 4. The van der Waals surface area contributed by atoms with Crippen LogP contribution in [0.1, 0.15) is 18.9 Å². The maximum absolute atomic E-state index is 11.9. The average Bonchev–Trinajstić information content (AvgIpc) is 3.23. The lowest BCUT2D eigenvalue weighted by molar-refractivity contribution is -0.113. The van der Waals surface area contributed by atoms with Gasteiger partial charge in [-0.25, -0.2) is 4.98 Å². The molecule has 0 bridgehead atoms. The molecule has 0 aliphatic carbocycles. The van der Waals surface area contributed by atoms with Crippen LogP contribution in [0.5, 0.6) is 5.75 Å². The Morgan fingerprint density at radius 3 is 2.88 bits per heavy atom. The van der Waals surface area contributed by atoms with Crippen molar-refractivity contribution in [2.75, 3.05) is 11.1 Å². The molecule has 0 aliphatic heterocycles. The van der Waals surface area contributed by atoms with E-state index in [1.807, 2.05) is 54.3 Å². The van der Waals surface area contributed by atoms with Crippen LogP contribution in [0.4, 0.5) is 5.13 Å². The summed E-state index contributed by atoms with van der Waals surface area (Å²) in [6, 6.07) is 9.56. The van der Waals surface area contributed by atoms with Crippen molar-refractivity contribution >= 4 is 34.1 Å². The molecule has 3 rings (SSSR count). The number of benzene rings is 1. The van der Waals surface area contributed by atoms with Gasteiger partial charge in [0, 0.05) is 18.6 Å². The number of carbonyl (C=O) groups excluding carboxylic acids is 1. The molecule has 2 aromatic heterocycles. The number of para-hydroxylation sites is 1. The zero-order chi connectivity index (χ0) is 17.6. The Morgan fingerprint density at radius 2 is 2.16 bits per heavy atom. The summed E-state index contributed by atoms with van der Waals surface area (Å²) in [7, 11) is 1.86. The van der Waals surface area contributed by atoms with E-state index in [0.29, 0.717) is 16.1 Å². The van der Waals surface area contributed by atoms with E-state index in [0.717, 1.165) is 5.75 Å². The van der Waals surface area contributed by atoms with Gasteiger partial charge in [0.15, 0.2) is 22.2 Å². The maximum Gasteiger partial charge on any atom is 0.236 e. The van der Waals surface area contributed by atoms with Gasteiger partial charge in [0.2, 0.25) is 5.91 Å². The number of thioether (sulfide) groups is 1. The zero-order valence-electron chi connectivity index (χ0n) is 13.7. The molecule has 7 nitrogen and oxygen atoms in total. The fraction of sp³-hybridized carbons (Fsp3) is 0.250. The predicted octanol–water partition coefficient (Wildman–Crippen LogP) is 3.14. The number of hydrogen-bond donors (Lipinski definition) is 1. The highest BCUT2D eigenvalue weighted by Crippen LogP contribution is 2.23. The normalized spacial score (nSPS) is 11.9. The molecule has 0 spiro atoms. The van der Waals surface area contributed by atoms with Crippen LogP contribution in [0.25, 0.3) is 0 Å². The van der Waals surface area contributed by atoms with Gasteiger partial charge < -0.3 is 14.6 Å². The first-order valence-electron chi connectivity index (χ1n) is 7.56. The molecule has 0 saturated carbocycles. The highest BCUT2D eigenvalue weighted by Gasteiger charge is 2.18. The van der Waals surface area contributed by atoms with E-state index in [1.54, 1.807) is 6.20 Å². The standard InChI is InChI=1S/C16H17N5O2S2/c1-11(23-12-6-4-3-5-7-12)14-19-20-16(21(14)2)25-10-13(22)18-15-17-8-9-24-15/h3-9,11H,10H2,1-2H3,(H,17,18,22)/t11-/m1/s1. The monoisotopic (exact) mass is 375 g/mol. The number of nitrogens with one attached hydrogen (secondary N) is 1. The highest BCUT2D eigenvalue weighted by molar-refractivity contribution is 7.99. The first kappa shape index (κ1) is 17.4. The van der Waals surface area contributed by atoms with Crippen molar-refractivity contribution in [1.82, 2.24) is 19.7 Å². The van der Waals surface area contributed by atoms with Crippen molar-refractivity contribution in [2.24, 2.45) is 7.05 Å². The Kier molecular flexibility index (Phi) is 5.67. The van der Waals surface area contributed by atoms with Gasteiger partial charge in [0.1, 0.15) is 5.75 Å². The van der Waals surface area contributed by atoms with E-state index >= 15 is 0 Å². The van der Waals surface area contributed by atoms with E-state index < -0.39 is 0 Å². The molecule has 1 N–H and O–H groups in total. The molecule has 2 heterocycles. The summed E-state index contributed by atoms with van der Waals surface area (Å²) in [4.78, 5) is 16.0. The van der Waals surface area contributed by atoms with Crippen LogP contribution in [0, 0.1) is 0 Å². The van der Waals surface area contributed by atoms with Crippen LogP contribution in [0.2, 0.25) is 0 Å². The number of ether oxygens (including phenoxy) is 1. The molecule has 0 radical (unpaired) electrons. The topological polar surface area (TPSA) is 81.9 Å². The summed E-state index contributed by atoms with van der Waals surface area (Å²) in [5.74, 6) is 1.58. The summed E-state index contributed by atoms with van der Waals surface area (Å²) in [6.07, 6.45) is 1.40. The quantitative estimate of drug-likeness (QED) is 0.639. The van der Waals surface area contributed by atoms with Gasteiger partial charge in [-0.2, -0.15) is 0 Å². The second-order valence-corrected chi connectivity index (χ2v) is 6.98. The first-order valence-corrected chi connectivity index (χ1v) is 9.43. The van der Waals surface area contributed by atoms with Gasteiger partial charge in [-0.1, -0.05) is 30.0 Å². The summed E-state index contributed by atoms with van der Waals surface area (Å²) in [5.41, 5.74) is 0. The van der Waals surface area contributed by atoms with Gasteiger partial charge in [-0.3, -0.25) is 4.79 Å². The maximum atomic E-state index is 11.9. The Labute approximate surface area is 153 Å². The molecule has 3 aromatic rings. The number of rotatable bonds is 7. The number of aromatic nitrogens is 4. The molecule has 1 aromatic carbocycles. The highest BCUT2D eigenvalue weighted by atomic mass is 32.2. The van der Waals surface area contributed by atoms with Crippen molar-refractivity contribution in [3.05, 3.63) is 47.7 Å². The van der Waals surface area contributed by atoms with Crippen molar-refractivity contribution in [3.63, 3.8) is 0 Å². The lowest BCUT2D eigenvalue weighted by Crippen LogP contribution is -2.14. The van der Waals surface area contributed by atoms with Crippen LogP contribution >= 0.6 is 23.1 Å². The predicted molar refractivity (Wildman–Crippen MR) is 98.0 cm³/mol. The Morgan fingerprint density at radius 1 is 1.36 bits per heavy atom. The summed E-state index contributed by atoms with van der Waals surface area (Å²) < 4.78 is 7.71. The van der Waals surface area contributed by atoms with Crippen LogP contribution < -0.4 is 10.1 Å². The zero-order valence-corrected chi connectivity index (χ0v) is 15.4. The van der Waals surface area contributed by atoms with E-state index in [2.05, 4.69) is 20.5 Å². The average molecular weight is 375 g/mol. The lowest BCUT2D eigenvalue weighted by Gasteiger charge is -2.14. The number of amides is 1. The summed E-state index contributed by atoms with van der Waals surface area (Å²) in [5, 5.41) is 14.1. The van der Waals surface area contributed by atoms with Crippen molar-refractivity contribution in [1.29, 1.82) is 0 Å². The Balaban J connectivity index is 1.58. The van der Waals surface area contributed by atoms with E-state index in [4.69, 9.17) is 4.74 Å². The third-order valence-electron chi connectivity index (χ3n) is 3.30. The summed E-state index contributed by atoms with van der Waals surface area (Å²) in [6.45, 7) is 1.92. The van der Waals surface area contributed by atoms with Crippen LogP contribution in [0.3, 0.4) is 0 Å². The fourth-order valence-electron chi connectivity index (χ4n) is 2.13. The molecule has 9 heteroatoms. The number of carbonyl (C=O) groups is 1. The molecule has 1 amide bonds. The molecule has 0 unspecified atom stereocenters. The number of thiazole rings is 1. The number of hydrogen-bond acceptors (Lipinski definition) is 7. The molecule has 0 aliphatic rings. The summed E-state index contributed by atoms with van der Waals surface area (Å²) >= 11 is 2.70. The SMILES string of the molecule is C[C@@H](Oc1ccccc1)c1nnc(SCC(=O)Nc2nccs2)n1C. The number of anilines is 1. The minimum absolute atomic E-state index is 0.127. The lowest BCUT2D eigenvalue weighted by atomic mass is 10.3. The molecule has 130 valence electrons.